The van der Waals surface area contributed by atoms with Crippen molar-refractivity contribution in [1.82, 2.24) is 5.32 Å². The number of hydrogen-bond donors (Lipinski definition) is 2. The van der Waals surface area contributed by atoms with Crippen LogP contribution in [0.3, 0.4) is 0 Å². The van der Waals surface area contributed by atoms with E-state index in [0.717, 1.165) is 43.4 Å². The maximum absolute atomic E-state index is 12.4. The fourth-order valence-corrected chi connectivity index (χ4v) is 3.24. The minimum atomic E-state index is -0.508. The van der Waals surface area contributed by atoms with Crippen LogP contribution in [-0.4, -0.2) is 31.1 Å². The van der Waals surface area contributed by atoms with E-state index in [9.17, 15) is 9.59 Å². The molecule has 26 heavy (non-hydrogen) atoms. The summed E-state index contributed by atoms with van der Waals surface area (Å²) in [7, 11) is 1.61. The lowest BCUT2D eigenvalue weighted by Crippen LogP contribution is -2.48. The highest BCUT2D eigenvalue weighted by molar-refractivity contribution is 5.83. The summed E-state index contributed by atoms with van der Waals surface area (Å²) in [5.41, 5.74) is 6.82. The molecule has 0 radical (unpaired) electrons. The van der Waals surface area contributed by atoms with E-state index < -0.39 is 6.04 Å². The third-order valence-corrected chi connectivity index (χ3v) is 4.89. The number of rotatable bonds is 9. The van der Waals surface area contributed by atoms with Gasteiger partial charge in [-0.15, -0.1) is 0 Å². The SMILES string of the molecule is CCCC[C@H](N)C(=O)N[C@H]1CCC[C@H]1C(=O)OCc1ccc(OC)cc1. The molecule has 3 atom stereocenters. The molecule has 0 aromatic heterocycles. The van der Waals surface area contributed by atoms with Crippen molar-refractivity contribution in [3.8, 4) is 5.75 Å². The zero-order chi connectivity index (χ0) is 18.9. The van der Waals surface area contributed by atoms with E-state index in [1.807, 2.05) is 24.3 Å². The van der Waals surface area contributed by atoms with E-state index in [4.69, 9.17) is 15.2 Å². The van der Waals surface area contributed by atoms with Crippen LogP contribution in [0.4, 0.5) is 0 Å². The van der Waals surface area contributed by atoms with Gasteiger partial charge in [-0.25, -0.2) is 0 Å². The minimum absolute atomic E-state index is 0.168. The first kappa shape index (κ1) is 20.2. The Morgan fingerprint density at radius 3 is 2.65 bits per heavy atom. The third-order valence-electron chi connectivity index (χ3n) is 4.89. The number of esters is 1. The highest BCUT2D eigenvalue weighted by atomic mass is 16.5. The third kappa shape index (κ3) is 5.73. The molecular weight excluding hydrogens is 332 g/mol. The first-order valence-electron chi connectivity index (χ1n) is 9.40. The number of ether oxygens (including phenoxy) is 2. The van der Waals surface area contributed by atoms with Crippen LogP contribution in [0.15, 0.2) is 24.3 Å². The highest BCUT2D eigenvalue weighted by Crippen LogP contribution is 2.27. The van der Waals surface area contributed by atoms with Crippen LogP contribution in [0.25, 0.3) is 0 Å². The van der Waals surface area contributed by atoms with Crippen LogP contribution in [-0.2, 0) is 20.9 Å². The average Bonchev–Trinajstić information content (AvgIpc) is 3.12. The fourth-order valence-electron chi connectivity index (χ4n) is 3.24. The van der Waals surface area contributed by atoms with Gasteiger partial charge in [0, 0.05) is 6.04 Å². The number of unbranched alkanes of at least 4 members (excludes halogenated alkanes) is 1. The number of amides is 1. The predicted octanol–water partition coefficient (Wildman–Crippen LogP) is 2.54. The van der Waals surface area contributed by atoms with Crippen molar-refractivity contribution >= 4 is 11.9 Å². The van der Waals surface area contributed by atoms with Gasteiger partial charge >= 0.3 is 5.97 Å². The molecule has 0 heterocycles. The number of nitrogens with two attached hydrogens (primary N) is 1. The molecule has 1 saturated carbocycles. The van der Waals surface area contributed by atoms with E-state index in [1.54, 1.807) is 7.11 Å². The molecule has 6 heteroatoms. The Kier molecular flexibility index (Phi) is 7.91. The summed E-state index contributed by atoms with van der Waals surface area (Å²) < 4.78 is 10.6. The van der Waals surface area contributed by atoms with Crippen molar-refractivity contribution in [1.29, 1.82) is 0 Å². The molecule has 1 amide bonds. The Balaban J connectivity index is 1.83. The number of carbonyl (C=O) groups is 2. The molecule has 0 bridgehead atoms. The fraction of sp³-hybridized carbons (Fsp3) is 0.600. The number of carbonyl (C=O) groups excluding carboxylic acids is 2. The zero-order valence-electron chi connectivity index (χ0n) is 15.7. The second-order valence-electron chi connectivity index (χ2n) is 6.86. The quantitative estimate of drug-likeness (QED) is 0.659. The second-order valence-corrected chi connectivity index (χ2v) is 6.86. The first-order valence-corrected chi connectivity index (χ1v) is 9.40. The van der Waals surface area contributed by atoms with Crippen molar-refractivity contribution < 1.29 is 19.1 Å². The lowest BCUT2D eigenvalue weighted by atomic mass is 10.0. The van der Waals surface area contributed by atoms with Gasteiger partial charge < -0.3 is 20.5 Å². The molecule has 0 aliphatic heterocycles. The van der Waals surface area contributed by atoms with Gasteiger partial charge in [-0.2, -0.15) is 0 Å². The molecule has 6 nitrogen and oxygen atoms in total. The van der Waals surface area contributed by atoms with Gasteiger partial charge in [0.05, 0.1) is 19.1 Å². The average molecular weight is 362 g/mol. The Labute approximate surface area is 155 Å². The second kappa shape index (κ2) is 10.2. The highest BCUT2D eigenvalue weighted by Gasteiger charge is 2.35. The van der Waals surface area contributed by atoms with E-state index in [1.165, 1.54) is 0 Å². The van der Waals surface area contributed by atoms with Crippen molar-refractivity contribution in [3.63, 3.8) is 0 Å². The maximum atomic E-state index is 12.4. The number of benzene rings is 1. The molecule has 1 aromatic rings. The summed E-state index contributed by atoms with van der Waals surface area (Å²) >= 11 is 0. The molecule has 0 spiro atoms. The van der Waals surface area contributed by atoms with E-state index >= 15 is 0 Å². The Bertz CT molecular complexity index is 588. The van der Waals surface area contributed by atoms with Crippen LogP contribution in [0.5, 0.6) is 5.75 Å². The monoisotopic (exact) mass is 362 g/mol. The summed E-state index contributed by atoms with van der Waals surface area (Å²) in [6, 6.07) is 6.71. The van der Waals surface area contributed by atoms with E-state index in [0.29, 0.717) is 6.42 Å². The van der Waals surface area contributed by atoms with Crippen LogP contribution < -0.4 is 15.8 Å². The standard InChI is InChI=1S/C20H30N2O4/c1-3-4-7-17(21)19(23)22-18-8-5-6-16(18)20(24)26-13-14-9-11-15(25-2)12-10-14/h9-12,16-18H,3-8,13,21H2,1-2H3,(H,22,23)/t16-,17+,18+/m1/s1. The molecule has 1 aliphatic rings. The molecule has 2 rings (SSSR count). The Morgan fingerprint density at radius 2 is 2.00 bits per heavy atom. The van der Waals surface area contributed by atoms with Crippen molar-refractivity contribution in [2.75, 3.05) is 7.11 Å². The van der Waals surface area contributed by atoms with Crippen molar-refractivity contribution in [2.45, 2.75) is 64.1 Å². The smallest absolute Gasteiger partial charge is 0.311 e. The van der Waals surface area contributed by atoms with Gasteiger partial charge in [0.1, 0.15) is 12.4 Å². The number of hydrogen-bond acceptors (Lipinski definition) is 5. The normalized spacial score (nSPS) is 20.4. The zero-order valence-corrected chi connectivity index (χ0v) is 15.7. The van der Waals surface area contributed by atoms with Crippen LogP contribution in [0.2, 0.25) is 0 Å². The van der Waals surface area contributed by atoms with Gasteiger partial charge in [0.25, 0.3) is 0 Å². The van der Waals surface area contributed by atoms with Crippen molar-refractivity contribution in [2.24, 2.45) is 11.7 Å². The molecule has 0 unspecified atom stereocenters. The lowest BCUT2D eigenvalue weighted by Gasteiger charge is -2.22. The molecule has 0 saturated heterocycles. The van der Waals surface area contributed by atoms with Crippen LogP contribution in [0.1, 0.15) is 51.0 Å². The van der Waals surface area contributed by atoms with Crippen LogP contribution >= 0.6 is 0 Å². The number of methoxy groups -OCH3 is 1. The van der Waals surface area contributed by atoms with Crippen LogP contribution in [0, 0.1) is 5.92 Å². The molecule has 1 aliphatic carbocycles. The summed E-state index contributed by atoms with van der Waals surface area (Å²) in [6.07, 6.45) is 5.02. The number of nitrogens with one attached hydrogen (secondary N) is 1. The van der Waals surface area contributed by atoms with Gasteiger partial charge in [-0.05, 0) is 37.0 Å². The summed E-state index contributed by atoms with van der Waals surface area (Å²) in [5, 5.41) is 2.95. The minimum Gasteiger partial charge on any atom is -0.497 e. The summed E-state index contributed by atoms with van der Waals surface area (Å²) in [4.78, 5) is 24.7. The first-order chi connectivity index (χ1) is 12.5. The molecule has 3 N–H and O–H groups in total. The van der Waals surface area contributed by atoms with E-state index in [2.05, 4.69) is 12.2 Å². The van der Waals surface area contributed by atoms with E-state index in [-0.39, 0.29) is 30.4 Å². The summed E-state index contributed by atoms with van der Waals surface area (Å²) in [5.74, 6) is 0.0395. The Morgan fingerprint density at radius 1 is 1.27 bits per heavy atom. The molecule has 144 valence electrons. The maximum Gasteiger partial charge on any atom is 0.311 e. The van der Waals surface area contributed by atoms with Gasteiger partial charge in [-0.1, -0.05) is 38.3 Å². The lowest BCUT2D eigenvalue weighted by molar-refractivity contribution is -0.150. The largest absolute Gasteiger partial charge is 0.497 e. The molecule has 1 aromatic carbocycles. The molecular formula is C20H30N2O4. The van der Waals surface area contributed by atoms with Gasteiger partial charge in [-0.3, -0.25) is 9.59 Å². The molecule has 1 fully saturated rings. The van der Waals surface area contributed by atoms with Gasteiger partial charge in [0.15, 0.2) is 0 Å². The Hall–Kier alpha value is -2.08. The van der Waals surface area contributed by atoms with Crippen molar-refractivity contribution in [3.05, 3.63) is 29.8 Å². The van der Waals surface area contributed by atoms with Gasteiger partial charge in [0.2, 0.25) is 5.91 Å². The predicted molar refractivity (Wildman–Crippen MR) is 99.6 cm³/mol. The summed E-state index contributed by atoms with van der Waals surface area (Å²) in [6.45, 7) is 2.28. The topological polar surface area (TPSA) is 90.7 Å².